The molecule has 0 saturated heterocycles. The lowest BCUT2D eigenvalue weighted by Crippen LogP contribution is -2.30. The number of hydrogen-bond acceptors (Lipinski definition) is 5. The SMILES string of the molecule is Cc1ccc(CN(C)C(=O)COc2cc(Cl)ccc2[N+](=O)[O-])o1. The molecule has 122 valence electrons. The molecule has 0 radical (unpaired) electrons. The Morgan fingerprint density at radius 3 is 2.74 bits per heavy atom. The van der Waals surface area contributed by atoms with Gasteiger partial charge in [-0.05, 0) is 25.1 Å². The monoisotopic (exact) mass is 338 g/mol. The number of benzene rings is 1. The molecule has 1 amide bonds. The first-order chi connectivity index (χ1) is 10.9. The van der Waals surface area contributed by atoms with E-state index in [9.17, 15) is 14.9 Å². The van der Waals surface area contributed by atoms with E-state index in [1.165, 1.54) is 23.1 Å². The fourth-order valence-electron chi connectivity index (χ4n) is 1.90. The van der Waals surface area contributed by atoms with Crippen LogP contribution in [0.15, 0.2) is 34.7 Å². The minimum absolute atomic E-state index is 0.0434. The van der Waals surface area contributed by atoms with Gasteiger partial charge in [0, 0.05) is 24.2 Å². The largest absolute Gasteiger partial charge is 0.477 e. The second-order valence-corrected chi connectivity index (χ2v) is 5.36. The van der Waals surface area contributed by atoms with Gasteiger partial charge in [0.1, 0.15) is 11.5 Å². The van der Waals surface area contributed by atoms with Crippen LogP contribution >= 0.6 is 11.6 Å². The molecule has 7 nitrogen and oxygen atoms in total. The topological polar surface area (TPSA) is 85.8 Å². The molecule has 1 aromatic carbocycles. The average Bonchev–Trinajstić information content (AvgIpc) is 2.89. The van der Waals surface area contributed by atoms with E-state index in [1.807, 2.05) is 6.92 Å². The second kappa shape index (κ2) is 7.15. The summed E-state index contributed by atoms with van der Waals surface area (Å²) in [5, 5.41) is 11.2. The molecule has 0 unspecified atom stereocenters. The Balaban J connectivity index is 1.98. The molecular formula is C15H15ClN2O5. The molecule has 0 aliphatic heterocycles. The molecule has 0 N–H and O–H groups in total. The van der Waals surface area contributed by atoms with E-state index in [4.69, 9.17) is 20.8 Å². The van der Waals surface area contributed by atoms with Crippen LogP contribution in [0.3, 0.4) is 0 Å². The summed E-state index contributed by atoms with van der Waals surface area (Å²) in [6, 6.07) is 7.52. The van der Waals surface area contributed by atoms with Gasteiger partial charge in [-0.3, -0.25) is 14.9 Å². The Bertz CT molecular complexity index is 728. The van der Waals surface area contributed by atoms with Gasteiger partial charge in [-0.1, -0.05) is 11.6 Å². The van der Waals surface area contributed by atoms with Crippen LogP contribution in [0.5, 0.6) is 5.75 Å². The first-order valence-electron chi connectivity index (χ1n) is 6.73. The zero-order valence-electron chi connectivity index (χ0n) is 12.6. The highest BCUT2D eigenvalue weighted by molar-refractivity contribution is 6.30. The fraction of sp³-hybridized carbons (Fsp3) is 0.267. The minimum Gasteiger partial charge on any atom is -0.477 e. The van der Waals surface area contributed by atoms with Crippen LogP contribution in [-0.2, 0) is 11.3 Å². The van der Waals surface area contributed by atoms with Gasteiger partial charge in [-0.15, -0.1) is 0 Å². The number of hydrogen-bond donors (Lipinski definition) is 0. The maximum Gasteiger partial charge on any atom is 0.311 e. The van der Waals surface area contributed by atoms with E-state index in [-0.39, 0.29) is 35.5 Å². The van der Waals surface area contributed by atoms with Crippen molar-refractivity contribution in [3.05, 3.63) is 57.0 Å². The van der Waals surface area contributed by atoms with Gasteiger partial charge < -0.3 is 14.1 Å². The van der Waals surface area contributed by atoms with Crippen LogP contribution in [0.4, 0.5) is 5.69 Å². The van der Waals surface area contributed by atoms with Crippen LogP contribution < -0.4 is 4.74 Å². The average molecular weight is 339 g/mol. The van der Waals surface area contributed by atoms with Crippen LogP contribution in [0.1, 0.15) is 11.5 Å². The van der Waals surface area contributed by atoms with Crippen molar-refractivity contribution < 1.29 is 18.9 Å². The lowest BCUT2D eigenvalue weighted by molar-refractivity contribution is -0.385. The summed E-state index contributed by atoms with van der Waals surface area (Å²) < 4.78 is 10.6. The minimum atomic E-state index is -0.592. The van der Waals surface area contributed by atoms with E-state index < -0.39 is 4.92 Å². The molecule has 0 spiro atoms. The lowest BCUT2D eigenvalue weighted by atomic mass is 10.3. The maximum atomic E-state index is 12.1. The van der Waals surface area contributed by atoms with E-state index in [2.05, 4.69) is 0 Å². The molecule has 8 heteroatoms. The number of nitro benzene ring substituents is 1. The lowest BCUT2D eigenvalue weighted by Gasteiger charge is -2.16. The number of rotatable bonds is 6. The molecule has 0 bridgehead atoms. The van der Waals surface area contributed by atoms with Gasteiger partial charge in [0.2, 0.25) is 0 Å². The maximum absolute atomic E-state index is 12.1. The summed E-state index contributed by atoms with van der Waals surface area (Å²) in [5.41, 5.74) is -0.244. The van der Waals surface area contributed by atoms with Gasteiger partial charge in [0.15, 0.2) is 12.4 Å². The van der Waals surface area contributed by atoms with Gasteiger partial charge in [-0.2, -0.15) is 0 Å². The molecular weight excluding hydrogens is 324 g/mol. The predicted molar refractivity (Wildman–Crippen MR) is 83.5 cm³/mol. The van der Waals surface area contributed by atoms with Crippen molar-refractivity contribution in [2.75, 3.05) is 13.7 Å². The summed E-state index contributed by atoms with van der Waals surface area (Å²) in [6.45, 7) is 1.76. The van der Waals surface area contributed by atoms with Gasteiger partial charge in [0.25, 0.3) is 5.91 Å². The summed E-state index contributed by atoms with van der Waals surface area (Å²) in [6.07, 6.45) is 0. The van der Waals surface area contributed by atoms with Crippen molar-refractivity contribution in [1.29, 1.82) is 0 Å². The number of halogens is 1. The van der Waals surface area contributed by atoms with E-state index in [0.29, 0.717) is 5.76 Å². The number of nitrogens with zero attached hydrogens (tertiary/aromatic N) is 2. The quantitative estimate of drug-likeness (QED) is 0.596. The number of aryl methyl sites for hydroxylation is 1. The number of carbonyl (C=O) groups is 1. The molecule has 2 aromatic rings. The number of likely N-dealkylation sites (N-methyl/N-ethyl adjacent to an activating group) is 1. The van der Waals surface area contributed by atoms with E-state index >= 15 is 0 Å². The molecule has 1 aromatic heterocycles. The molecule has 0 aliphatic carbocycles. The third-order valence-electron chi connectivity index (χ3n) is 3.08. The van der Waals surface area contributed by atoms with Crippen molar-refractivity contribution >= 4 is 23.2 Å². The molecule has 0 fully saturated rings. The highest BCUT2D eigenvalue weighted by Gasteiger charge is 2.18. The van der Waals surface area contributed by atoms with Crippen LogP contribution in [-0.4, -0.2) is 29.4 Å². The number of nitro groups is 1. The number of carbonyl (C=O) groups excluding carboxylic acids is 1. The van der Waals surface area contributed by atoms with Crippen LogP contribution in [0, 0.1) is 17.0 Å². The third-order valence-corrected chi connectivity index (χ3v) is 3.32. The first-order valence-corrected chi connectivity index (χ1v) is 7.10. The number of ether oxygens (including phenoxy) is 1. The highest BCUT2D eigenvalue weighted by atomic mass is 35.5. The molecule has 0 aliphatic rings. The molecule has 23 heavy (non-hydrogen) atoms. The Morgan fingerprint density at radius 2 is 2.13 bits per heavy atom. The third kappa shape index (κ3) is 4.46. The van der Waals surface area contributed by atoms with Gasteiger partial charge >= 0.3 is 5.69 Å². The molecule has 0 atom stereocenters. The summed E-state index contributed by atoms with van der Waals surface area (Å²) in [5.74, 6) is 1.02. The number of furan rings is 1. The van der Waals surface area contributed by atoms with Gasteiger partial charge in [0.05, 0.1) is 11.5 Å². The summed E-state index contributed by atoms with van der Waals surface area (Å²) in [7, 11) is 1.59. The van der Waals surface area contributed by atoms with Crippen molar-refractivity contribution in [2.24, 2.45) is 0 Å². The number of amides is 1. The zero-order chi connectivity index (χ0) is 17.0. The van der Waals surface area contributed by atoms with Crippen LogP contribution in [0.25, 0.3) is 0 Å². The Hall–Kier alpha value is -2.54. The van der Waals surface area contributed by atoms with Crippen molar-refractivity contribution in [3.8, 4) is 5.75 Å². The second-order valence-electron chi connectivity index (χ2n) is 4.92. The highest BCUT2D eigenvalue weighted by Crippen LogP contribution is 2.29. The normalized spacial score (nSPS) is 10.4. The van der Waals surface area contributed by atoms with Crippen molar-refractivity contribution in [1.82, 2.24) is 4.90 Å². The standard InChI is InChI=1S/C15H15ClN2O5/c1-10-3-5-12(23-10)8-17(2)15(19)9-22-14-7-11(16)4-6-13(14)18(20)21/h3-7H,8-9H2,1-2H3. The van der Waals surface area contributed by atoms with Crippen molar-refractivity contribution in [2.45, 2.75) is 13.5 Å². The van der Waals surface area contributed by atoms with Gasteiger partial charge in [-0.25, -0.2) is 0 Å². The zero-order valence-corrected chi connectivity index (χ0v) is 13.4. The van der Waals surface area contributed by atoms with Crippen LogP contribution in [0.2, 0.25) is 5.02 Å². The summed E-state index contributed by atoms with van der Waals surface area (Å²) >= 11 is 5.80. The first kappa shape index (κ1) is 16.8. The summed E-state index contributed by atoms with van der Waals surface area (Å²) in [4.78, 5) is 23.8. The van der Waals surface area contributed by atoms with E-state index in [1.54, 1.807) is 19.2 Å². The van der Waals surface area contributed by atoms with E-state index in [0.717, 1.165) is 5.76 Å². The van der Waals surface area contributed by atoms with Crippen molar-refractivity contribution in [3.63, 3.8) is 0 Å². The molecule has 0 saturated carbocycles. The molecule has 1 heterocycles. The molecule has 2 rings (SSSR count). The predicted octanol–water partition coefficient (Wildman–Crippen LogP) is 3.19. The fourth-order valence-corrected chi connectivity index (χ4v) is 2.06. The Kier molecular flexibility index (Phi) is 5.23. The smallest absolute Gasteiger partial charge is 0.311 e. The Morgan fingerprint density at radius 1 is 1.39 bits per heavy atom. The Labute approximate surface area is 137 Å².